The second-order valence-electron chi connectivity index (χ2n) is 22.5. The van der Waals surface area contributed by atoms with Gasteiger partial charge in [0.05, 0.1) is 86.8 Å². The summed E-state index contributed by atoms with van der Waals surface area (Å²) in [6.45, 7) is 9.84. The molecular weight excluding hydrogens is 971 g/mol. The largest absolute Gasteiger partial charge is 0.391 e. The smallest absolute Gasteiger partial charge is 0.243 e. The van der Waals surface area contributed by atoms with Gasteiger partial charge in [0, 0.05) is 64.5 Å². The van der Waals surface area contributed by atoms with E-state index in [0.29, 0.717) is 32.1 Å². The molecule has 10 aliphatic rings. The summed E-state index contributed by atoms with van der Waals surface area (Å²) in [5, 5.41) is 21.7. The van der Waals surface area contributed by atoms with Crippen LogP contribution in [-0.2, 0) is 73.0 Å². The van der Waals surface area contributed by atoms with Crippen LogP contribution in [0.4, 0.5) is 0 Å². The number of amides is 4. The van der Waals surface area contributed by atoms with Gasteiger partial charge in [0.15, 0.2) is 5.79 Å². The Kier molecular flexibility index (Phi) is 16.9. The molecular formula is C55H77N5O15. The molecule has 20 nitrogen and oxygen atoms in total. The molecule has 0 saturated carbocycles. The number of hydrogen-bond acceptors (Lipinski definition) is 16. The average molecular weight is 1050 g/mol. The number of carbonyl (C=O) groups is 5. The first-order valence-electron chi connectivity index (χ1n) is 27.4. The molecule has 4 amide bonds. The van der Waals surface area contributed by atoms with Crippen LogP contribution in [0.5, 0.6) is 0 Å². The van der Waals surface area contributed by atoms with Crippen LogP contribution in [0.25, 0.3) is 0 Å². The molecule has 1 aromatic rings. The zero-order chi connectivity index (χ0) is 52.5. The van der Waals surface area contributed by atoms with Gasteiger partial charge in [0.2, 0.25) is 23.6 Å². The summed E-state index contributed by atoms with van der Waals surface area (Å²) in [5.74, 6) is -3.40. The molecule has 10 fully saturated rings. The van der Waals surface area contributed by atoms with Gasteiger partial charge in [0.1, 0.15) is 42.3 Å². The molecule has 12 bridgehead atoms. The number of methoxy groups -OCH3 is 1. The van der Waals surface area contributed by atoms with E-state index in [9.17, 15) is 29.1 Å². The highest BCUT2D eigenvalue weighted by Crippen LogP contribution is 2.54. The van der Waals surface area contributed by atoms with Gasteiger partial charge in [-0.15, -0.1) is 0 Å². The molecule has 0 aliphatic carbocycles. The van der Waals surface area contributed by atoms with Gasteiger partial charge in [-0.25, -0.2) is 0 Å². The zero-order valence-corrected chi connectivity index (χ0v) is 43.2. The van der Waals surface area contributed by atoms with Crippen molar-refractivity contribution in [2.75, 3.05) is 33.3 Å². The SMILES string of the molecule is C=C1C[C@@H]2CC[C@@]34CC5OC6C(O[C@H]7CC[C@H](CC(=O)C[C@@H]8[C@@H](OC)[C@@H](C[C@H](O)CNC(=O)CNC(=O)[C@H](Cc9ccccc9)NC(=O)CNC(=O)CN)O[C@H]8C[C@H]8O[C@@H](CC[C@@H]1O2)C[C@@H](C)C8=C)O[C@@H]7[C@@H]6O3)[C@@H]5O4. The lowest BCUT2D eigenvalue weighted by Gasteiger charge is -2.47. The molecule has 20 atom stereocenters. The van der Waals surface area contributed by atoms with E-state index in [2.05, 4.69) is 41.3 Å². The minimum Gasteiger partial charge on any atom is -0.391 e. The number of ether oxygens (including phenoxy) is 9. The predicted octanol–water partition coefficient (Wildman–Crippen LogP) is 1.51. The average Bonchev–Trinajstić information content (AvgIpc) is 4.13. The van der Waals surface area contributed by atoms with Crippen LogP contribution in [0.15, 0.2) is 54.6 Å². The van der Waals surface area contributed by atoms with E-state index in [4.69, 9.17) is 48.4 Å². The third-order valence-corrected chi connectivity index (χ3v) is 17.2. The van der Waals surface area contributed by atoms with Crippen molar-refractivity contribution in [1.29, 1.82) is 0 Å². The van der Waals surface area contributed by atoms with Gasteiger partial charge in [-0.05, 0) is 67.6 Å². The van der Waals surface area contributed by atoms with Crippen molar-refractivity contribution >= 4 is 29.4 Å². The molecule has 412 valence electrons. The summed E-state index contributed by atoms with van der Waals surface area (Å²) in [5.41, 5.74) is 8.15. The molecule has 75 heavy (non-hydrogen) atoms. The van der Waals surface area contributed by atoms with Gasteiger partial charge < -0.3 is 74.7 Å². The fourth-order valence-electron chi connectivity index (χ4n) is 13.4. The fourth-order valence-corrected chi connectivity index (χ4v) is 13.4. The van der Waals surface area contributed by atoms with Crippen LogP contribution in [0.1, 0.15) is 96.0 Å². The Morgan fingerprint density at radius 3 is 2.29 bits per heavy atom. The lowest BCUT2D eigenvalue weighted by atomic mass is 9.81. The van der Waals surface area contributed by atoms with E-state index in [1.807, 2.05) is 6.07 Å². The standard InChI is InChI=1S/C55H77N5O15/c1-28-16-34-10-12-39-29(2)17-36(68-39)14-15-55-23-44-50(74-55)51-52(73-44)53(75-55)49-40(72-51)13-11-35(70-49)19-32(61)20-37-42(22-41(69-34)30(28)3)71-43(48(37)67-4)21-33(62)25-57-46(64)26-59-54(66)38(18-31-8-6-5-7-9-31)60-47(65)27-58-45(63)24-56/h5-9,28,33-44,48-53,62H,2-3,10-27,56H2,1,4H3,(H,57,64)(H,58,63)(H,59,66)(H,60,65)/t28-,33+,34+,35-,36+,37+,38+,39+,40+,41-,42+,43-,44?,48-,49+,50-,51?,52?,53+,55+/m1/s1. The number of ketones is 1. The number of benzene rings is 1. The first-order chi connectivity index (χ1) is 36.1. The summed E-state index contributed by atoms with van der Waals surface area (Å²) in [6.07, 6.45) is 1.74. The van der Waals surface area contributed by atoms with Crippen LogP contribution >= 0.6 is 0 Å². The minimum absolute atomic E-state index is 0.00153. The van der Waals surface area contributed by atoms with Crippen LogP contribution in [0.3, 0.4) is 0 Å². The van der Waals surface area contributed by atoms with Gasteiger partial charge >= 0.3 is 0 Å². The topological polar surface area (TPSA) is 263 Å². The van der Waals surface area contributed by atoms with Crippen molar-refractivity contribution in [3.05, 3.63) is 60.2 Å². The molecule has 1 aromatic carbocycles. The van der Waals surface area contributed by atoms with Crippen molar-refractivity contribution in [1.82, 2.24) is 21.3 Å². The van der Waals surface area contributed by atoms with Crippen LogP contribution in [-0.4, -0.2) is 177 Å². The summed E-state index contributed by atoms with van der Waals surface area (Å²) >= 11 is 0. The second kappa shape index (κ2) is 23.4. The lowest BCUT2D eigenvalue weighted by molar-refractivity contribution is -0.292. The number of nitrogens with two attached hydrogens (primary N) is 1. The maximum absolute atomic E-state index is 14.4. The number of Topliss-reactive ketones (excluding diaryl/α,β-unsaturated/α-hetero) is 1. The first-order valence-corrected chi connectivity index (χ1v) is 27.4. The molecule has 0 aromatic heterocycles. The first kappa shape index (κ1) is 54.2. The fraction of sp³-hybridized carbons (Fsp3) is 0.727. The Bertz CT molecular complexity index is 2270. The molecule has 7 N–H and O–H groups in total. The Morgan fingerprint density at radius 2 is 1.49 bits per heavy atom. The lowest BCUT2D eigenvalue weighted by Crippen LogP contribution is -2.61. The van der Waals surface area contributed by atoms with Crippen molar-refractivity contribution < 1.29 is 71.7 Å². The molecule has 1 spiro atoms. The number of aliphatic hydroxyl groups excluding tert-OH is 1. The Labute approximate surface area is 438 Å². The molecule has 11 rings (SSSR count). The van der Waals surface area contributed by atoms with Gasteiger partial charge in [-0.2, -0.15) is 0 Å². The quantitative estimate of drug-likeness (QED) is 0.144. The second-order valence-corrected chi connectivity index (χ2v) is 22.5. The molecule has 10 aliphatic heterocycles. The Balaban J connectivity index is 0.802. The molecule has 20 heteroatoms. The van der Waals surface area contributed by atoms with Gasteiger partial charge in [-0.3, -0.25) is 24.0 Å². The third-order valence-electron chi connectivity index (χ3n) is 17.2. The summed E-state index contributed by atoms with van der Waals surface area (Å²) in [4.78, 5) is 65.2. The van der Waals surface area contributed by atoms with E-state index in [0.717, 1.165) is 48.8 Å². The number of rotatable bonds is 14. The zero-order valence-electron chi connectivity index (χ0n) is 43.2. The van der Waals surface area contributed by atoms with Crippen LogP contribution in [0.2, 0.25) is 0 Å². The number of hydrogen-bond donors (Lipinski definition) is 6. The van der Waals surface area contributed by atoms with Crippen LogP contribution < -0.4 is 27.0 Å². The number of aliphatic hydroxyl groups is 1. The number of fused-ring (bicyclic) bond motifs is 6. The third kappa shape index (κ3) is 12.3. The van der Waals surface area contributed by atoms with E-state index >= 15 is 0 Å². The number of carbonyl (C=O) groups excluding carboxylic acids is 5. The molecule has 0 radical (unpaired) electrons. The van der Waals surface area contributed by atoms with Crippen molar-refractivity contribution in [2.45, 2.75) is 206 Å². The molecule has 10 saturated heterocycles. The maximum Gasteiger partial charge on any atom is 0.243 e. The molecule has 10 heterocycles. The highest BCUT2D eigenvalue weighted by atomic mass is 16.8. The highest BCUT2D eigenvalue weighted by Gasteiger charge is 2.69. The van der Waals surface area contributed by atoms with Crippen molar-refractivity contribution in [3.8, 4) is 0 Å². The van der Waals surface area contributed by atoms with Gasteiger partial charge in [0.25, 0.3) is 0 Å². The van der Waals surface area contributed by atoms with E-state index in [1.54, 1.807) is 31.4 Å². The maximum atomic E-state index is 14.4. The van der Waals surface area contributed by atoms with Crippen LogP contribution in [0, 0.1) is 11.8 Å². The Hall–Kier alpha value is -4.19. The summed E-state index contributed by atoms with van der Waals surface area (Å²) in [6, 6.07) is 7.97. The Morgan fingerprint density at radius 1 is 0.760 bits per heavy atom. The number of nitrogens with one attached hydrogen (secondary N) is 4. The normalized spacial score (nSPS) is 39.9. The minimum atomic E-state index is -1.09. The van der Waals surface area contributed by atoms with Gasteiger partial charge in [-0.1, -0.05) is 50.4 Å². The monoisotopic (exact) mass is 1050 g/mol. The van der Waals surface area contributed by atoms with Crippen molar-refractivity contribution in [3.63, 3.8) is 0 Å². The molecule has 3 unspecified atom stereocenters. The highest BCUT2D eigenvalue weighted by molar-refractivity contribution is 5.92. The van der Waals surface area contributed by atoms with E-state index in [-0.39, 0.29) is 118 Å². The van der Waals surface area contributed by atoms with Crippen molar-refractivity contribution in [2.24, 2.45) is 17.6 Å². The van der Waals surface area contributed by atoms with E-state index < -0.39 is 84.5 Å². The summed E-state index contributed by atoms with van der Waals surface area (Å²) < 4.78 is 60.6. The van der Waals surface area contributed by atoms with E-state index in [1.165, 1.54) is 0 Å². The summed E-state index contributed by atoms with van der Waals surface area (Å²) in [7, 11) is 1.58. The predicted molar refractivity (Wildman–Crippen MR) is 267 cm³/mol.